The third kappa shape index (κ3) is 2.57. The summed E-state index contributed by atoms with van der Waals surface area (Å²) in [5.74, 6) is 0.000994. The number of morpholine rings is 1. The fourth-order valence-electron chi connectivity index (χ4n) is 2.31. The van der Waals surface area contributed by atoms with Gasteiger partial charge in [0, 0.05) is 31.9 Å². The molecule has 2 heterocycles. The maximum absolute atomic E-state index is 12.1. The zero-order valence-corrected chi connectivity index (χ0v) is 10.4. The number of amides is 1. The molecule has 2 fully saturated rings. The van der Waals surface area contributed by atoms with Gasteiger partial charge in [-0.2, -0.15) is 0 Å². The standard InChI is InChI=1S/C13H19N3O2/c17-13(15-9-11-8-14-5-7-18-11)12-2-1-6-16(12)10-3-4-10/h1-2,6,10-11,14H,3-5,7-9H2,(H,15,17). The molecule has 1 aliphatic carbocycles. The van der Waals surface area contributed by atoms with E-state index in [4.69, 9.17) is 4.74 Å². The second-order valence-corrected chi connectivity index (χ2v) is 4.94. The molecule has 18 heavy (non-hydrogen) atoms. The lowest BCUT2D eigenvalue weighted by Gasteiger charge is -2.23. The van der Waals surface area contributed by atoms with E-state index in [1.165, 1.54) is 12.8 Å². The molecule has 0 radical (unpaired) electrons. The molecule has 1 aromatic rings. The molecule has 0 aromatic carbocycles. The molecule has 1 saturated carbocycles. The van der Waals surface area contributed by atoms with Gasteiger partial charge in [0.05, 0.1) is 12.7 Å². The van der Waals surface area contributed by atoms with Crippen molar-refractivity contribution in [3.63, 3.8) is 0 Å². The largest absolute Gasteiger partial charge is 0.374 e. The van der Waals surface area contributed by atoms with Crippen molar-refractivity contribution in [3.8, 4) is 0 Å². The highest BCUT2D eigenvalue weighted by Crippen LogP contribution is 2.35. The highest BCUT2D eigenvalue weighted by atomic mass is 16.5. The van der Waals surface area contributed by atoms with E-state index in [9.17, 15) is 4.79 Å². The van der Waals surface area contributed by atoms with Crippen molar-refractivity contribution in [1.82, 2.24) is 15.2 Å². The summed E-state index contributed by atoms with van der Waals surface area (Å²) in [5.41, 5.74) is 0.765. The molecule has 1 amide bonds. The Morgan fingerprint density at radius 1 is 1.56 bits per heavy atom. The Morgan fingerprint density at radius 2 is 2.44 bits per heavy atom. The van der Waals surface area contributed by atoms with Crippen molar-refractivity contribution in [2.24, 2.45) is 0 Å². The van der Waals surface area contributed by atoms with Crippen LogP contribution in [-0.4, -0.2) is 42.8 Å². The zero-order valence-electron chi connectivity index (χ0n) is 10.4. The molecule has 98 valence electrons. The van der Waals surface area contributed by atoms with Gasteiger partial charge in [0.2, 0.25) is 0 Å². The van der Waals surface area contributed by atoms with E-state index in [1.807, 2.05) is 18.3 Å². The number of aromatic nitrogens is 1. The summed E-state index contributed by atoms with van der Waals surface area (Å²) < 4.78 is 7.63. The van der Waals surface area contributed by atoms with Crippen molar-refractivity contribution in [2.45, 2.75) is 25.0 Å². The van der Waals surface area contributed by atoms with Gasteiger partial charge in [-0.25, -0.2) is 0 Å². The third-order valence-corrected chi connectivity index (χ3v) is 3.45. The third-order valence-electron chi connectivity index (χ3n) is 3.45. The second-order valence-electron chi connectivity index (χ2n) is 4.94. The zero-order chi connectivity index (χ0) is 12.4. The number of rotatable bonds is 4. The van der Waals surface area contributed by atoms with Crippen LogP contribution in [0, 0.1) is 0 Å². The topological polar surface area (TPSA) is 55.3 Å². The molecular formula is C13H19N3O2. The average molecular weight is 249 g/mol. The molecule has 2 N–H and O–H groups in total. The lowest BCUT2D eigenvalue weighted by Crippen LogP contribution is -2.45. The Bertz CT molecular complexity index is 420. The van der Waals surface area contributed by atoms with Gasteiger partial charge in [0.25, 0.3) is 5.91 Å². The van der Waals surface area contributed by atoms with E-state index in [1.54, 1.807) is 0 Å². The number of carbonyl (C=O) groups excluding carboxylic acids is 1. The van der Waals surface area contributed by atoms with Gasteiger partial charge in [-0.15, -0.1) is 0 Å². The molecule has 1 saturated heterocycles. The van der Waals surface area contributed by atoms with Crippen LogP contribution >= 0.6 is 0 Å². The molecule has 1 unspecified atom stereocenters. The normalized spacial score (nSPS) is 23.9. The van der Waals surface area contributed by atoms with E-state index in [0.29, 0.717) is 12.6 Å². The monoisotopic (exact) mass is 249 g/mol. The first-order chi connectivity index (χ1) is 8.84. The minimum atomic E-state index is 0.000994. The van der Waals surface area contributed by atoms with Gasteiger partial charge < -0.3 is 19.9 Å². The van der Waals surface area contributed by atoms with E-state index in [-0.39, 0.29) is 12.0 Å². The van der Waals surface area contributed by atoms with E-state index in [0.717, 1.165) is 25.4 Å². The molecule has 0 spiro atoms. The molecule has 1 aliphatic heterocycles. The summed E-state index contributed by atoms with van der Waals surface area (Å²) >= 11 is 0. The van der Waals surface area contributed by atoms with Gasteiger partial charge >= 0.3 is 0 Å². The summed E-state index contributed by atoms with van der Waals surface area (Å²) in [4.78, 5) is 12.1. The fourth-order valence-corrected chi connectivity index (χ4v) is 2.31. The Morgan fingerprint density at radius 3 is 3.17 bits per heavy atom. The molecule has 0 bridgehead atoms. The minimum absolute atomic E-state index is 0.000994. The number of hydrogen-bond donors (Lipinski definition) is 2. The van der Waals surface area contributed by atoms with Gasteiger partial charge in [0.15, 0.2) is 0 Å². The van der Waals surface area contributed by atoms with Crippen molar-refractivity contribution in [3.05, 3.63) is 24.0 Å². The Labute approximate surface area is 106 Å². The Hall–Kier alpha value is -1.33. The average Bonchev–Trinajstić information content (AvgIpc) is 3.14. The Balaban J connectivity index is 1.55. The number of ether oxygens (including phenoxy) is 1. The quantitative estimate of drug-likeness (QED) is 0.819. The lowest BCUT2D eigenvalue weighted by molar-refractivity contribution is 0.0286. The van der Waals surface area contributed by atoms with Crippen LogP contribution in [0.3, 0.4) is 0 Å². The van der Waals surface area contributed by atoms with Crippen molar-refractivity contribution in [1.29, 1.82) is 0 Å². The summed E-state index contributed by atoms with van der Waals surface area (Å²) in [6, 6.07) is 4.35. The van der Waals surface area contributed by atoms with Crippen LogP contribution in [0.4, 0.5) is 0 Å². The van der Waals surface area contributed by atoms with Crippen LogP contribution in [-0.2, 0) is 4.74 Å². The van der Waals surface area contributed by atoms with Gasteiger partial charge in [-0.1, -0.05) is 0 Å². The molecule has 5 heteroatoms. The smallest absolute Gasteiger partial charge is 0.268 e. The number of hydrogen-bond acceptors (Lipinski definition) is 3. The molecular weight excluding hydrogens is 230 g/mol. The molecule has 2 aliphatic rings. The fraction of sp³-hybridized carbons (Fsp3) is 0.615. The molecule has 1 aromatic heterocycles. The predicted octanol–water partition coefficient (Wildman–Crippen LogP) is 0.541. The number of nitrogens with zero attached hydrogens (tertiary/aromatic N) is 1. The number of carbonyl (C=O) groups is 1. The molecule has 5 nitrogen and oxygen atoms in total. The maximum Gasteiger partial charge on any atom is 0.268 e. The summed E-state index contributed by atoms with van der Waals surface area (Å²) in [6.45, 7) is 3.00. The Kier molecular flexibility index (Phi) is 3.34. The van der Waals surface area contributed by atoms with Crippen molar-refractivity contribution >= 4 is 5.91 Å². The van der Waals surface area contributed by atoms with Crippen molar-refractivity contribution in [2.75, 3.05) is 26.2 Å². The van der Waals surface area contributed by atoms with Crippen LogP contribution in [0.5, 0.6) is 0 Å². The van der Waals surface area contributed by atoms with E-state index >= 15 is 0 Å². The SMILES string of the molecule is O=C(NCC1CNCCO1)c1cccn1C1CC1. The first-order valence-electron chi connectivity index (χ1n) is 6.62. The highest BCUT2D eigenvalue weighted by molar-refractivity contribution is 5.92. The van der Waals surface area contributed by atoms with Crippen LogP contribution in [0.25, 0.3) is 0 Å². The van der Waals surface area contributed by atoms with Crippen molar-refractivity contribution < 1.29 is 9.53 Å². The lowest BCUT2D eigenvalue weighted by atomic mass is 10.3. The summed E-state index contributed by atoms with van der Waals surface area (Å²) in [5, 5.41) is 6.20. The van der Waals surface area contributed by atoms with Gasteiger partial charge in [-0.3, -0.25) is 4.79 Å². The van der Waals surface area contributed by atoms with E-state index in [2.05, 4.69) is 15.2 Å². The predicted molar refractivity (Wildman–Crippen MR) is 67.6 cm³/mol. The van der Waals surface area contributed by atoms with Crippen LogP contribution in [0.15, 0.2) is 18.3 Å². The number of nitrogens with one attached hydrogen (secondary N) is 2. The van der Waals surface area contributed by atoms with Crippen LogP contribution in [0.1, 0.15) is 29.4 Å². The van der Waals surface area contributed by atoms with Gasteiger partial charge in [0.1, 0.15) is 5.69 Å². The molecule has 3 rings (SSSR count). The second kappa shape index (κ2) is 5.12. The van der Waals surface area contributed by atoms with Crippen LogP contribution < -0.4 is 10.6 Å². The first kappa shape index (κ1) is 11.7. The highest BCUT2D eigenvalue weighted by Gasteiger charge is 2.26. The minimum Gasteiger partial charge on any atom is -0.374 e. The van der Waals surface area contributed by atoms with Crippen LogP contribution in [0.2, 0.25) is 0 Å². The molecule has 1 atom stereocenters. The van der Waals surface area contributed by atoms with E-state index < -0.39 is 0 Å². The van der Waals surface area contributed by atoms with Gasteiger partial charge in [-0.05, 0) is 25.0 Å². The maximum atomic E-state index is 12.1. The summed E-state index contributed by atoms with van der Waals surface area (Å²) in [6.07, 6.45) is 4.45. The first-order valence-corrected chi connectivity index (χ1v) is 6.62. The summed E-state index contributed by atoms with van der Waals surface area (Å²) in [7, 11) is 0.